The number of fused-ring (bicyclic) bond motifs is 2. The van der Waals surface area contributed by atoms with Gasteiger partial charge in [0.25, 0.3) is 0 Å². The molecule has 9 aromatic carbocycles. The molecule has 11 aromatic rings. The van der Waals surface area contributed by atoms with Gasteiger partial charge in [0.15, 0.2) is 0 Å². The van der Waals surface area contributed by atoms with Gasteiger partial charge >= 0.3 is 12.4 Å². The molecular formula is C52H20F6N8. The Bertz CT molecular complexity index is 3520. The average molecular weight is 871 g/mol. The number of aromatic nitrogens is 4. The summed E-state index contributed by atoms with van der Waals surface area (Å²) < 4.78 is 89.8. The van der Waals surface area contributed by atoms with Crippen LogP contribution in [0.1, 0.15) is 33.9 Å². The Labute approximate surface area is 367 Å². The Balaban J connectivity index is 1.44. The maximum absolute atomic E-state index is 15.0. The summed E-state index contributed by atoms with van der Waals surface area (Å²) in [5.41, 5.74) is 3.73. The van der Waals surface area contributed by atoms with Gasteiger partial charge in [-0.1, -0.05) is 48.5 Å². The van der Waals surface area contributed by atoms with Gasteiger partial charge < -0.3 is 0 Å². The second-order valence-corrected chi connectivity index (χ2v) is 15.6. The summed E-state index contributed by atoms with van der Waals surface area (Å²) in [6, 6.07) is 40.2. The van der Waals surface area contributed by atoms with Crippen molar-refractivity contribution in [2.45, 2.75) is 12.4 Å². The third-order valence-corrected chi connectivity index (χ3v) is 12.0. The van der Waals surface area contributed by atoms with Crippen LogP contribution in [0.25, 0.3) is 110 Å². The molecule has 0 fully saturated rings. The zero-order valence-corrected chi connectivity index (χ0v) is 33.4. The molecule has 0 radical (unpaired) electrons. The number of halogens is 6. The van der Waals surface area contributed by atoms with Crippen LogP contribution in [0, 0.1) is 45.3 Å². The number of nitriles is 4. The van der Waals surface area contributed by atoms with E-state index in [9.17, 15) is 47.4 Å². The van der Waals surface area contributed by atoms with Crippen LogP contribution in [0.15, 0.2) is 121 Å². The Morgan fingerprint density at radius 3 is 0.712 bits per heavy atom. The van der Waals surface area contributed by atoms with E-state index in [0.717, 1.165) is 0 Å². The van der Waals surface area contributed by atoms with Gasteiger partial charge in [-0.25, -0.2) is 19.9 Å². The predicted octanol–water partition coefficient (Wildman–Crippen LogP) is 13.3. The number of hydrogen-bond donors (Lipinski definition) is 0. The lowest BCUT2D eigenvalue weighted by Gasteiger charge is -2.24. The normalized spacial score (nSPS) is 12.0. The van der Waals surface area contributed by atoms with Gasteiger partial charge in [-0.05, 0) is 117 Å². The summed E-state index contributed by atoms with van der Waals surface area (Å²) in [6.07, 6.45) is -9.99. The summed E-state index contributed by atoms with van der Waals surface area (Å²) in [6.45, 7) is 0. The number of nitrogens with zero attached hydrogens (tertiary/aromatic N) is 8. The number of hydrogen-bond acceptors (Lipinski definition) is 8. The highest BCUT2D eigenvalue weighted by Crippen LogP contribution is 2.52. The van der Waals surface area contributed by atoms with Crippen LogP contribution in [-0.2, 0) is 12.4 Å². The zero-order chi connectivity index (χ0) is 45.8. The van der Waals surface area contributed by atoms with E-state index in [1.54, 1.807) is 72.8 Å². The second kappa shape index (κ2) is 14.1. The predicted molar refractivity (Wildman–Crippen MR) is 236 cm³/mol. The van der Waals surface area contributed by atoms with E-state index in [0.29, 0.717) is 76.8 Å². The van der Waals surface area contributed by atoms with Crippen LogP contribution in [0.2, 0.25) is 0 Å². The first-order valence-electron chi connectivity index (χ1n) is 19.9. The van der Waals surface area contributed by atoms with Crippen LogP contribution in [0.3, 0.4) is 0 Å². The van der Waals surface area contributed by atoms with Gasteiger partial charge in [-0.2, -0.15) is 47.4 Å². The minimum absolute atomic E-state index is 0.0457. The largest absolute Gasteiger partial charge is 0.451 e. The van der Waals surface area contributed by atoms with Gasteiger partial charge in [0.2, 0.25) is 11.6 Å². The summed E-state index contributed by atoms with van der Waals surface area (Å²) in [5, 5.41) is 42.0. The van der Waals surface area contributed by atoms with E-state index in [1.807, 2.05) is 0 Å². The molecular weight excluding hydrogens is 851 g/mol. The smallest absolute Gasteiger partial charge is 0.224 e. The van der Waals surface area contributed by atoms with Crippen molar-refractivity contribution in [3.05, 3.63) is 155 Å². The van der Waals surface area contributed by atoms with Gasteiger partial charge in [0.1, 0.15) is 0 Å². The topological polar surface area (TPSA) is 147 Å². The molecule has 0 atom stereocenters. The molecule has 0 aliphatic heterocycles. The first-order chi connectivity index (χ1) is 31.8. The van der Waals surface area contributed by atoms with Crippen molar-refractivity contribution >= 4 is 65.2 Å². The fraction of sp³-hybridized carbons (Fsp3) is 0.0385. The molecule has 0 saturated carbocycles. The molecule has 66 heavy (non-hydrogen) atoms. The Morgan fingerprint density at radius 2 is 0.530 bits per heavy atom. The van der Waals surface area contributed by atoms with Gasteiger partial charge in [0.05, 0.1) is 68.6 Å². The third-order valence-electron chi connectivity index (χ3n) is 12.0. The first-order valence-corrected chi connectivity index (χ1v) is 19.9. The summed E-state index contributed by atoms with van der Waals surface area (Å²) in [5.74, 6) is -2.80. The van der Waals surface area contributed by atoms with E-state index < -0.39 is 24.0 Å². The lowest BCUT2D eigenvalue weighted by molar-refractivity contribution is -0.145. The molecule has 0 spiro atoms. The molecule has 0 aliphatic rings. The van der Waals surface area contributed by atoms with E-state index in [-0.39, 0.29) is 55.1 Å². The molecule has 0 saturated heterocycles. The first kappa shape index (κ1) is 39.6. The Morgan fingerprint density at radius 1 is 0.318 bits per heavy atom. The fourth-order valence-corrected chi connectivity index (χ4v) is 9.02. The summed E-state index contributed by atoms with van der Waals surface area (Å²) in [4.78, 5) is 16.9. The minimum Gasteiger partial charge on any atom is -0.224 e. The van der Waals surface area contributed by atoms with Crippen molar-refractivity contribution in [2.75, 3.05) is 0 Å². The highest BCUT2D eigenvalue weighted by molar-refractivity contribution is 6.42. The van der Waals surface area contributed by atoms with Crippen molar-refractivity contribution < 1.29 is 26.3 Å². The van der Waals surface area contributed by atoms with Crippen molar-refractivity contribution in [3.8, 4) is 68.8 Å². The van der Waals surface area contributed by atoms with Crippen molar-refractivity contribution in [3.63, 3.8) is 0 Å². The van der Waals surface area contributed by atoms with Crippen LogP contribution < -0.4 is 0 Å². The zero-order valence-electron chi connectivity index (χ0n) is 33.4. The number of alkyl halides is 6. The van der Waals surface area contributed by atoms with Crippen molar-refractivity contribution in [1.82, 2.24) is 19.9 Å². The molecule has 0 unspecified atom stereocenters. The Hall–Kier alpha value is -9.24. The van der Waals surface area contributed by atoms with Gasteiger partial charge in [0, 0.05) is 43.8 Å². The van der Waals surface area contributed by atoms with Crippen molar-refractivity contribution in [2.24, 2.45) is 0 Å². The van der Waals surface area contributed by atoms with Crippen LogP contribution in [0.5, 0.6) is 0 Å². The fourth-order valence-electron chi connectivity index (χ4n) is 9.02. The molecule has 2 aromatic heterocycles. The monoisotopic (exact) mass is 870 g/mol. The van der Waals surface area contributed by atoms with Gasteiger partial charge in [-0.3, -0.25) is 0 Å². The van der Waals surface area contributed by atoms with Gasteiger partial charge in [-0.15, -0.1) is 0 Å². The highest BCUT2D eigenvalue weighted by Gasteiger charge is 2.38. The SMILES string of the molecule is N#Cc1ccc(-c2cc3c4cc(-c5ccc(C#N)cc5)c5nc(C(F)(F)F)nc6c(-c7ccc(C#N)cc7)cc(c7cc(-c8ccc(C#N)cc8)c8nc(C(F)(F)F)nc2c8c37)c4c56)cc1. The molecule has 11 rings (SSSR count). The van der Waals surface area contributed by atoms with E-state index in [1.165, 1.54) is 48.5 Å². The highest BCUT2D eigenvalue weighted by atomic mass is 19.4. The molecule has 0 N–H and O–H groups in total. The lowest BCUT2D eigenvalue weighted by atomic mass is 9.81. The van der Waals surface area contributed by atoms with E-state index >= 15 is 0 Å². The maximum atomic E-state index is 15.0. The third kappa shape index (κ3) is 5.97. The number of rotatable bonds is 4. The molecule has 0 aliphatic carbocycles. The Kier molecular flexibility index (Phi) is 8.48. The molecule has 14 heteroatoms. The van der Waals surface area contributed by atoms with Crippen LogP contribution in [-0.4, -0.2) is 19.9 Å². The summed E-state index contributed by atoms with van der Waals surface area (Å²) >= 11 is 0. The van der Waals surface area contributed by atoms with Crippen molar-refractivity contribution in [1.29, 1.82) is 21.0 Å². The molecule has 310 valence electrons. The molecule has 0 amide bonds. The minimum atomic E-state index is -4.99. The molecule has 0 bridgehead atoms. The molecule has 2 heterocycles. The lowest BCUT2D eigenvalue weighted by Crippen LogP contribution is -2.13. The summed E-state index contributed by atoms with van der Waals surface area (Å²) in [7, 11) is 0. The average Bonchev–Trinajstić information content (AvgIpc) is 3.33. The maximum Gasteiger partial charge on any atom is 0.451 e. The van der Waals surface area contributed by atoms with E-state index in [2.05, 4.69) is 44.2 Å². The quantitative estimate of drug-likeness (QED) is 0.0964. The molecule has 8 nitrogen and oxygen atoms in total. The van der Waals surface area contributed by atoms with Crippen LogP contribution >= 0.6 is 0 Å². The number of benzene rings is 9. The van der Waals surface area contributed by atoms with Crippen LogP contribution in [0.4, 0.5) is 26.3 Å². The standard InChI is InChI=1S/C52H20F6N8/c53-51(54,55)49-63-45-33(29-9-1-25(21-59)2-10-29)17-37-38-18-35(31-13-5-27(23-61)6-14-31)47-44-42(38)40(39-19-34(46(64-49)43(45)41(37)39)30-11-3-26(22-60)4-12-30)20-36(32-15-7-28(24-62)8-16-32)48(44)66-50(65-47)52(56,57)58/h1-20H. The second-order valence-electron chi connectivity index (χ2n) is 15.6. The van der Waals surface area contributed by atoms with E-state index in [4.69, 9.17) is 0 Å².